The molecule has 1 heterocycles. The number of hydrogen-bond donors (Lipinski definition) is 1. The van der Waals surface area contributed by atoms with Crippen molar-refractivity contribution >= 4 is 5.91 Å². The molecule has 0 radical (unpaired) electrons. The SMILES string of the molecule is O=C(N[C@@H]1CCC[C@H](c2ccccc2)C1)c1ccccn1. The van der Waals surface area contributed by atoms with E-state index in [0.29, 0.717) is 11.6 Å². The minimum atomic E-state index is -0.0608. The molecule has 0 unspecified atom stereocenters. The quantitative estimate of drug-likeness (QED) is 0.934. The van der Waals surface area contributed by atoms with Crippen molar-refractivity contribution in [1.29, 1.82) is 0 Å². The van der Waals surface area contributed by atoms with Crippen LogP contribution in [0.3, 0.4) is 0 Å². The number of benzene rings is 1. The van der Waals surface area contributed by atoms with Crippen LogP contribution in [0.2, 0.25) is 0 Å². The van der Waals surface area contributed by atoms with Crippen molar-refractivity contribution in [1.82, 2.24) is 10.3 Å². The van der Waals surface area contributed by atoms with E-state index in [4.69, 9.17) is 0 Å². The maximum absolute atomic E-state index is 12.2. The molecule has 1 aliphatic rings. The Labute approximate surface area is 125 Å². The van der Waals surface area contributed by atoms with E-state index in [-0.39, 0.29) is 11.9 Å². The van der Waals surface area contributed by atoms with Crippen LogP contribution in [0.4, 0.5) is 0 Å². The lowest BCUT2D eigenvalue weighted by molar-refractivity contribution is 0.0920. The summed E-state index contributed by atoms with van der Waals surface area (Å²) in [4.78, 5) is 16.3. The van der Waals surface area contributed by atoms with E-state index >= 15 is 0 Å². The van der Waals surface area contributed by atoms with Gasteiger partial charge in [-0.3, -0.25) is 9.78 Å². The van der Waals surface area contributed by atoms with E-state index in [2.05, 4.69) is 34.6 Å². The molecule has 21 heavy (non-hydrogen) atoms. The maximum atomic E-state index is 12.2. The summed E-state index contributed by atoms with van der Waals surface area (Å²) in [5.74, 6) is 0.489. The van der Waals surface area contributed by atoms with Crippen molar-refractivity contribution in [3.63, 3.8) is 0 Å². The van der Waals surface area contributed by atoms with Crippen LogP contribution in [0.1, 0.15) is 47.7 Å². The van der Waals surface area contributed by atoms with Crippen molar-refractivity contribution in [3.05, 3.63) is 66.0 Å². The lowest BCUT2D eigenvalue weighted by atomic mass is 9.81. The average molecular weight is 280 g/mol. The molecule has 3 heteroatoms. The highest BCUT2D eigenvalue weighted by Crippen LogP contribution is 2.32. The molecule has 1 aliphatic carbocycles. The molecule has 1 amide bonds. The predicted octanol–water partition coefficient (Wildman–Crippen LogP) is 3.54. The van der Waals surface area contributed by atoms with Crippen molar-refractivity contribution in [3.8, 4) is 0 Å². The van der Waals surface area contributed by atoms with Gasteiger partial charge in [0.15, 0.2) is 0 Å². The number of rotatable bonds is 3. The van der Waals surface area contributed by atoms with Crippen molar-refractivity contribution < 1.29 is 4.79 Å². The molecule has 3 rings (SSSR count). The number of amides is 1. The molecule has 108 valence electrons. The Morgan fingerprint density at radius 2 is 1.86 bits per heavy atom. The fourth-order valence-electron chi connectivity index (χ4n) is 3.11. The molecule has 2 aromatic rings. The summed E-state index contributed by atoms with van der Waals surface area (Å²) in [6, 6.07) is 16.3. The summed E-state index contributed by atoms with van der Waals surface area (Å²) in [7, 11) is 0. The summed E-state index contributed by atoms with van der Waals surface area (Å²) in [5.41, 5.74) is 1.88. The summed E-state index contributed by atoms with van der Waals surface area (Å²) < 4.78 is 0. The lowest BCUT2D eigenvalue weighted by Gasteiger charge is -2.30. The van der Waals surface area contributed by atoms with Gasteiger partial charge in [0, 0.05) is 12.2 Å². The number of nitrogens with zero attached hydrogens (tertiary/aromatic N) is 1. The zero-order valence-electron chi connectivity index (χ0n) is 12.0. The van der Waals surface area contributed by atoms with E-state index < -0.39 is 0 Å². The average Bonchev–Trinajstić information content (AvgIpc) is 2.57. The third kappa shape index (κ3) is 3.48. The first-order valence-electron chi connectivity index (χ1n) is 7.60. The van der Waals surface area contributed by atoms with Gasteiger partial charge in [0.2, 0.25) is 0 Å². The molecule has 2 atom stereocenters. The van der Waals surface area contributed by atoms with Crippen LogP contribution in [0.5, 0.6) is 0 Å². The van der Waals surface area contributed by atoms with Gasteiger partial charge in [0.25, 0.3) is 5.91 Å². The Kier molecular flexibility index (Phi) is 4.29. The molecule has 1 N–H and O–H groups in total. The van der Waals surface area contributed by atoms with Crippen LogP contribution in [0.15, 0.2) is 54.7 Å². The van der Waals surface area contributed by atoms with E-state index in [1.807, 2.05) is 18.2 Å². The number of carbonyl (C=O) groups is 1. The molecule has 1 aromatic heterocycles. The van der Waals surface area contributed by atoms with Crippen LogP contribution in [-0.2, 0) is 0 Å². The highest BCUT2D eigenvalue weighted by Gasteiger charge is 2.24. The molecule has 1 aromatic carbocycles. The van der Waals surface area contributed by atoms with Crippen LogP contribution in [-0.4, -0.2) is 16.9 Å². The number of carbonyl (C=O) groups excluding carboxylic acids is 1. The molecule has 3 nitrogen and oxygen atoms in total. The largest absolute Gasteiger partial charge is 0.348 e. The molecule has 1 fully saturated rings. The lowest BCUT2D eigenvalue weighted by Crippen LogP contribution is -2.38. The summed E-state index contributed by atoms with van der Waals surface area (Å²) in [5, 5.41) is 3.13. The topological polar surface area (TPSA) is 42.0 Å². The standard InChI is InChI=1S/C18H20N2O/c21-18(17-11-4-5-12-19-17)20-16-10-6-9-15(13-16)14-7-2-1-3-8-14/h1-5,7-8,11-12,15-16H,6,9-10,13H2,(H,20,21)/t15-,16+/m0/s1. The van der Waals surface area contributed by atoms with Gasteiger partial charge < -0.3 is 5.32 Å². The molecule has 0 spiro atoms. The second-order valence-electron chi connectivity index (χ2n) is 5.66. The first kappa shape index (κ1) is 13.8. The van der Waals surface area contributed by atoms with Gasteiger partial charge in [-0.25, -0.2) is 0 Å². The summed E-state index contributed by atoms with van der Waals surface area (Å²) in [6.07, 6.45) is 6.10. The van der Waals surface area contributed by atoms with E-state index in [1.54, 1.807) is 12.3 Å². The monoisotopic (exact) mass is 280 g/mol. The van der Waals surface area contributed by atoms with E-state index in [1.165, 1.54) is 12.0 Å². The van der Waals surface area contributed by atoms with Gasteiger partial charge in [-0.15, -0.1) is 0 Å². The smallest absolute Gasteiger partial charge is 0.270 e. The highest BCUT2D eigenvalue weighted by atomic mass is 16.1. The van der Waals surface area contributed by atoms with Crippen LogP contribution in [0, 0.1) is 0 Å². The number of hydrogen-bond acceptors (Lipinski definition) is 2. The zero-order chi connectivity index (χ0) is 14.5. The molecular weight excluding hydrogens is 260 g/mol. The third-order valence-electron chi connectivity index (χ3n) is 4.18. The van der Waals surface area contributed by atoms with E-state index in [9.17, 15) is 4.79 Å². The van der Waals surface area contributed by atoms with Gasteiger partial charge in [0.1, 0.15) is 5.69 Å². The second kappa shape index (κ2) is 6.53. The zero-order valence-corrected chi connectivity index (χ0v) is 12.0. The molecule has 0 saturated heterocycles. The third-order valence-corrected chi connectivity index (χ3v) is 4.18. The Bertz CT molecular complexity index is 583. The Balaban J connectivity index is 1.63. The molecule has 0 bridgehead atoms. The minimum Gasteiger partial charge on any atom is -0.348 e. The van der Waals surface area contributed by atoms with Gasteiger partial charge in [-0.05, 0) is 42.9 Å². The number of pyridine rings is 1. The first-order valence-corrected chi connectivity index (χ1v) is 7.60. The van der Waals surface area contributed by atoms with E-state index in [0.717, 1.165) is 19.3 Å². The second-order valence-corrected chi connectivity index (χ2v) is 5.66. The highest BCUT2D eigenvalue weighted by molar-refractivity contribution is 5.92. The van der Waals surface area contributed by atoms with Gasteiger partial charge in [0.05, 0.1) is 0 Å². The summed E-state index contributed by atoms with van der Waals surface area (Å²) in [6.45, 7) is 0. The van der Waals surface area contributed by atoms with Gasteiger partial charge >= 0.3 is 0 Å². The Morgan fingerprint density at radius 1 is 1.05 bits per heavy atom. The fourth-order valence-corrected chi connectivity index (χ4v) is 3.11. The molecular formula is C18H20N2O. The maximum Gasteiger partial charge on any atom is 0.270 e. The predicted molar refractivity (Wildman–Crippen MR) is 83.1 cm³/mol. The Hall–Kier alpha value is -2.16. The van der Waals surface area contributed by atoms with Gasteiger partial charge in [-0.1, -0.05) is 42.8 Å². The number of aromatic nitrogens is 1. The Morgan fingerprint density at radius 3 is 2.62 bits per heavy atom. The normalized spacial score (nSPS) is 21.7. The van der Waals surface area contributed by atoms with Crippen molar-refractivity contribution in [2.45, 2.75) is 37.6 Å². The fraction of sp³-hybridized carbons (Fsp3) is 0.333. The molecule has 0 aliphatic heterocycles. The van der Waals surface area contributed by atoms with Crippen LogP contribution >= 0.6 is 0 Å². The van der Waals surface area contributed by atoms with Crippen molar-refractivity contribution in [2.24, 2.45) is 0 Å². The van der Waals surface area contributed by atoms with Gasteiger partial charge in [-0.2, -0.15) is 0 Å². The summed E-state index contributed by atoms with van der Waals surface area (Å²) >= 11 is 0. The first-order chi connectivity index (χ1) is 10.3. The van der Waals surface area contributed by atoms with Crippen LogP contribution in [0.25, 0.3) is 0 Å². The van der Waals surface area contributed by atoms with Crippen molar-refractivity contribution in [2.75, 3.05) is 0 Å². The molecule has 1 saturated carbocycles. The minimum absolute atomic E-state index is 0.0608. The number of nitrogens with one attached hydrogen (secondary N) is 1. The van der Waals surface area contributed by atoms with Crippen LogP contribution < -0.4 is 5.32 Å².